The summed E-state index contributed by atoms with van der Waals surface area (Å²) in [5.74, 6) is -0.397. The third-order valence-electron chi connectivity index (χ3n) is 4.72. The first-order valence-corrected chi connectivity index (χ1v) is 8.76. The van der Waals surface area contributed by atoms with Crippen molar-refractivity contribution in [2.24, 2.45) is 13.0 Å². The van der Waals surface area contributed by atoms with Crippen molar-refractivity contribution in [1.82, 2.24) is 14.7 Å². The smallest absolute Gasteiger partial charge is 0.246 e. The first-order valence-electron chi connectivity index (χ1n) is 8.76. The average Bonchev–Trinajstić information content (AvgIpc) is 2.81. The van der Waals surface area contributed by atoms with E-state index in [0.29, 0.717) is 19.7 Å². The molecule has 0 saturated carbocycles. The number of rotatable bonds is 6. The Balaban J connectivity index is 2.08. The summed E-state index contributed by atoms with van der Waals surface area (Å²) < 4.78 is 7.10. The molecule has 1 fully saturated rings. The van der Waals surface area contributed by atoms with Gasteiger partial charge in [0.25, 0.3) is 0 Å². The van der Waals surface area contributed by atoms with Crippen LogP contribution >= 0.6 is 0 Å². The van der Waals surface area contributed by atoms with Crippen molar-refractivity contribution >= 4 is 12.0 Å². The van der Waals surface area contributed by atoms with Crippen LogP contribution in [-0.2, 0) is 16.6 Å². The SMILES string of the molecule is CCCN(C[C@@H]1COC[C@@H](O)[C@H]1O)C(=O)C=Cc1c(C)nn(C)c1C. The Bertz CT molecular complexity index is 626. The van der Waals surface area contributed by atoms with Gasteiger partial charge in [0.05, 0.1) is 25.0 Å². The summed E-state index contributed by atoms with van der Waals surface area (Å²) in [4.78, 5) is 14.3. The quantitative estimate of drug-likeness (QED) is 0.735. The van der Waals surface area contributed by atoms with E-state index in [9.17, 15) is 15.0 Å². The maximum Gasteiger partial charge on any atom is 0.246 e. The van der Waals surface area contributed by atoms with Crippen LogP contribution in [0.1, 0.15) is 30.3 Å². The van der Waals surface area contributed by atoms with Crippen LogP contribution in [0.5, 0.6) is 0 Å². The largest absolute Gasteiger partial charge is 0.390 e. The first-order chi connectivity index (χ1) is 11.8. The monoisotopic (exact) mass is 351 g/mol. The minimum absolute atomic E-state index is 0.114. The normalized spacial score (nSPS) is 24.0. The third kappa shape index (κ3) is 4.68. The van der Waals surface area contributed by atoms with Crippen LogP contribution < -0.4 is 0 Å². The Kier molecular flexibility index (Phi) is 6.75. The number of aryl methyl sites for hydroxylation is 2. The van der Waals surface area contributed by atoms with E-state index in [1.807, 2.05) is 27.8 Å². The van der Waals surface area contributed by atoms with Crippen LogP contribution in [-0.4, -0.2) is 69.3 Å². The van der Waals surface area contributed by atoms with E-state index in [1.165, 1.54) is 0 Å². The second kappa shape index (κ2) is 8.60. The highest BCUT2D eigenvalue weighted by Gasteiger charge is 2.33. The van der Waals surface area contributed by atoms with Crippen molar-refractivity contribution in [2.75, 3.05) is 26.3 Å². The van der Waals surface area contributed by atoms with Crippen molar-refractivity contribution in [3.8, 4) is 0 Å². The number of aliphatic hydroxyl groups is 2. The molecule has 140 valence electrons. The van der Waals surface area contributed by atoms with Gasteiger partial charge in [0.1, 0.15) is 6.10 Å². The predicted octanol–water partition coefficient (Wildman–Crippen LogP) is 0.657. The topological polar surface area (TPSA) is 87.8 Å². The van der Waals surface area contributed by atoms with E-state index in [2.05, 4.69) is 5.10 Å². The lowest BCUT2D eigenvalue weighted by Crippen LogP contribution is -2.49. The van der Waals surface area contributed by atoms with Gasteiger partial charge in [-0.25, -0.2) is 0 Å². The summed E-state index contributed by atoms with van der Waals surface area (Å²) in [6, 6.07) is 0. The Hall–Kier alpha value is -1.70. The van der Waals surface area contributed by atoms with Gasteiger partial charge in [-0.3, -0.25) is 9.48 Å². The van der Waals surface area contributed by atoms with Gasteiger partial charge in [-0.15, -0.1) is 0 Å². The zero-order valence-corrected chi connectivity index (χ0v) is 15.5. The number of aliphatic hydroxyl groups excluding tert-OH is 2. The molecule has 0 spiro atoms. The van der Waals surface area contributed by atoms with Gasteiger partial charge in [-0.1, -0.05) is 6.92 Å². The summed E-state index contributed by atoms with van der Waals surface area (Å²) >= 11 is 0. The molecule has 1 aliphatic heterocycles. The maximum atomic E-state index is 12.6. The van der Waals surface area contributed by atoms with Crippen molar-refractivity contribution in [2.45, 2.75) is 39.4 Å². The Morgan fingerprint density at radius 1 is 1.40 bits per heavy atom. The molecule has 7 nitrogen and oxygen atoms in total. The molecule has 1 aromatic rings. The maximum absolute atomic E-state index is 12.6. The molecule has 2 heterocycles. The van der Waals surface area contributed by atoms with Gasteiger partial charge < -0.3 is 19.8 Å². The average molecular weight is 351 g/mol. The van der Waals surface area contributed by atoms with Gasteiger partial charge >= 0.3 is 0 Å². The Morgan fingerprint density at radius 2 is 2.12 bits per heavy atom. The predicted molar refractivity (Wildman–Crippen MR) is 94.9 cm³/mol. The van der Waals surface area contributed by atoms with E-state index in [-0.39, 0.29) is 18.4 Å². The number of carbonyl (C=O) groups excluding carboxylic acids is 1. The molecule has 0 aliphatic carbocycles. The molecule has 0 unspecified atom stereocenters. The van der Waals surface area contributed by atoms with Crippen LogP contribution in [0, 0.1) is 19.8 Å². The fourth-order valence-electron chi connectivity index (χ4n) is 3.15. The fourth-order valence-corrected chi connectivity index (χ4v) is 3.15. The van der Waals surface area contributed by atoms with E-state index in [4.69, 9.17) is 4.74 Å². The number of amides is 1. The van der Waals surface area contributed by atoms with Crippen LogP contribution in [0.25, 0.3) is 6.08 Å². The number of ether oxygens (including phenoxy) is 1. The van der Waals surface area contributed by atoms with Crippen LogP contribution in [0.4, 0.5) is 0 Å². The molecule has 3 atom stereocenters. The van der Waals surface area contributed by atoms with Gasteiger partial charge in [0, 0.05) is 43.4 Å². The molecule has 2 N–H and O–H groups in total. The summed E-state index contributed by atoms with van der Waals surface area (Å²) in [6.45, 7) is 7.31. The van der Waals surface area contributed by atoms with E-state index in [0.717, 1.165) is 23.4 Å². The standard InChI is InChI=1S/C18H29N3O4/c1-5-8-21(9-14-10-25-11-16(22)18(14)24)17(23)7-6-15-12(2)19-20(4)13(15)3/h6-7,14,16,18,22,24H,5,8-11H2,1-4H3/t14-,16-,18+/m1/s1. The molecular formula is C18H29N3O4. The fraction of sp³-hybridized carbons (Fsp3) is 0.667. The number of aromatic nitrogens is 2. The molecule has 1 aliphatic rings. The molecule has 0 radical (unpaired) electrons. The van der Waals surface area contributed by atoms with Gasteiger partial charge in [0.2, 0.25) is 5.91 Å². The second-order valence-electron chi connectivity index (χ2n) is 6.68. The zero-order chi connectivity index (χ0) is 18.6. The van der Waals surface area contributed by atoms with Gasteiger partial charge in [-0.2, -0.15) is 5.10 Å². The van der Waals surface area contributed by atoms with Gasteiger partial charge in [0.15, 0.2) is 0 Å². The van der Waals surface area contributed by atoms with E-state index < -0.39 is 12.2 Å². The lowest BCUT2D eigenvalue weighted by atomic mass is 9.96. The summed E-state index contributed by atoms with van der Waals surface area (Å²) in [7, 11) is 1.88. The number of hydrogen-bond donors (Lipinski definition) is 2. The summed E-state index contributed by atoms with van der Waals surface area (Å²) in [5.41, 5.74) is 2.83. The number of nitrogens with zero attached hydrogens (tertiary/aromatic N) is 3. The third-order valence-corrected chi connectivity index (χ3v) is 4.72. The van der Waals surface area contributed by atoms with Crippen LogP contribution in [0.3, 0.4) is 0 Å². The molecule has 25 heavy (non-hydrogen) atoms. The second-order valence-corrected chi connectivity index (χ2v) is 6.68. The highest BCUT2D eigenvalue weighted by molar-refractivity contribution is 5.92. The molecule has 0 aromatic carbocycles. The molecule has 1 aromatic heterocycles. The minimum atomic E-state index is -0.895. The molecule has 1 saturated heterocycles. The highest BCUT2D eigenvalue weighted by atomic mass is 16.5. The zero-order valence-electron chi connectivity index (χ0n) is 15.5. The molecule has 0 bridgehead atoms. The molecule has 7 heteroatoms. The number of hydrogen-bond acceptors (Lipinski definition) is 5. The van der Waals surface area contributed by atoms with Crippen molar-refractivity contribution < 1.29 is 19.7 Å². The lowest BCUT2D eigenvalue weighted by molar-refractivity contribution is -0.138. The van der Waals surface area contributed by atoms with Crippen molar-refractivity contribution in [3.63, 3.8) is 0 Å². The van der Waals surface area contributed by atoms with Crippen LogP contribution in [0.2, 0.25) is 0 Å². The van der Waals surface area contributed by atoms with Gasteiger partial charge in [-0.05, 0) is 26.3 Å². The lowest BCUT2D eigenvalue weighted by Gasteiger charge is -2.35. The Labute approximate surface area is 148 Å². The molecule has 2 rings (SSSR count). The minimum Gasteiger partial charge on any atom is -0.390 e. The van der Waals surface area contributed by atoms with E-state index in [1.54, 1.807) is 21.7 Å². The molecule has 1 amide bonds. The van der Waals surface area contributed by atoms with Crippen molar-refractivity contribution in [1.29, 1.82) is 0 Å². The molecular weight excluding hydrogens is 322 g/mol. The van der Waals surface area contributed by atoms with Crippen molar-refractivity contribution in [3.05, 3.63) is 23.0 Å². The highest BCUT2D eigenvalue weighted by Crippen LogP contribution is 2.18. The summed E-state index contributed by atoms with van der Waals surface area (Å²) in [6.07, 6.45) is 2.41. The first kappa shape index (κ1) is 19.6. The summed E-state index contributed by atoms with van der Waals surface area (Å²) in [5, 5.41) is 24.2. The Morgan fingerprint density at radius 3 is 2.72 bits per heavy atom. The van der Waals surface area contributed by atoms with E-state index >= 15 is 0 Å². The number of carbonyl (C=O) groups is 1. The van der Waals surface area contributed by atoms with Crippen LogP contribution in [0.15, 0.2) is 6.08 Å².